The minimum Gasteiger partial charge on any atom is -0.462 e. The fourth-order valence-corrected chi connectivity index (χ4v) is 2.85. The summed E-state index contributed by atoms with van der Waals surface area (Å²) in [5, 5.41) is 7.93. The molecule has 0 radical (unpaired) electrons. The Labute approximate surface area is 109 Å². The quantitative estimate of drug-likeness (QED) is 0.863. The Bertz CT molecular complexity index is 627. The summed E-state index contributed by atoms with van der Waals surface area (Å²) in [7, 11) is 0. The summed E-state index contributed by atoms with van der Waals surface area (Å²) in [6.45, 7) is 5.08. The van der Waals surface area contributed by atoms with Gasteiger partial charge in [0.25, 0.3) is 0 Å². The van der Waals surface area contributed by atoms with Gasteiger partial charge in [0.2, 0.25) is 0 Å². The van der Waals surface area contributed by atoms with Crippen molar-refractivity contribution in [3.8, 4) is 0 Å². The molecule has 4 nitrogen and oxygen atoms in total. The number of aromatic nitrogens is 1. The van der Waals surface area contributed by atoms with Gasteiger partial charge in [0.1, 0.15) is 0 Å². The maximum atomic E-state index is 11.6. The maximum absolute atomic E-state index is 11.6. The topological polar surface area (TPSA) is 55.1 Å². The summed E-state index contributed by atoms with van der Waals surface area (Å²) in [5.74, 6) is -0.304. The minimum atomic E-state index is -0.304. The molecule has 2 rings (SSSR count). The van der Waals surface area contributed by atoms with Gasteiger partial charge in [-0.3, -0.25) is 5.41 Å². The van der Waals surface area contributed by atoms with Gasteiger partial charge in [-0.2, -0.15) is 0 Å². The first-order valence-electron chi connectivity index (χ1n) is 6.02. The predicted molar refractivity (Wildman–Crippen MR) is 71.9 cm³/mol. The van der Waals surface area contributed by atoms with Crippen LogP contribution in [0.15, 0.2) is 18.2 Å². The van der Waals surface area contributed by atoms with Gasteiger partial charge in [0.05, 0.1) is 22.4 Å². The average molecular weight is 264 g/mol. The van der Waals surface area contributed by atoms with Crippen LogP contribution in [0.1, 0.15) is 30.6 Å². The van der Waals surface area contributed by atoms with Crippen LogP contribution in [0.3, 0.4) is 0 Å². The number of hydrogen-bond acceptors (Lipinski definition) is 4. The highest BCUT2D eigenvalue weighted by atomic mass is 32.1. The molecule has 1 N–H and O–H groups in total. The SMILES string of the molecule is CCCn1c(=N)sc2cc(C(=O)OCC)ccc21. The van der Waals surface area contributed by atoms with E-state index >= 15 is 0 Å². The highest BCUT2D eigenvalue weighted by molar-refractivity contribution is 7.16. The Morgan fingerprint density at radius 1 is 1.44 bits per heavy atom. The summed E-state index contributed by atoms with van der Waals surface area (Å²) in [6.07, 6.45) is 0.988. The predicted octanol–water partition coefficient (Wildman–Crippen LogP) is 2.77. The molecule has 0 spiro atoms. The van der Waals surface area contributed by atoms with Crippen molar-refractivity contribution in [1.29, 1.82) is 5.41 Å². The molecule has 0 atom stereocenters. The first kappa shape index (κ1) is 12.8. The smallest absolute Gasteiger partial charge is 0.338 e. The van der Waals surface area contributed by atoms with E-state index in [1.165, 1.54) is 11.3 Å². The van der Waals surface area contributed by atoms with Crippen LogP contribution in [-0.4, -0.2) is 17.1 Å². The van der Waals surface area contributed by atoms with E-state index in [1.807, 2.05) is 16.7 Å². The van der Waals surface area contributed by atoms with Crippen molar-refractivity contribution in [2.75, 3.05) is 6.61 Å². The van der Waals surface area contributed by atoms with Crippen molar-refractivity contribution in [2.24, 2.45) is 0 Å². The van der Waals surface area contributed by atoms with Crippen molar-refractivity contribution < 1.29 is 9.53 Å². The van der Waals surface area contributed by atoms with Crippen LogP contribution in [0.5, 0.6) is 0 Å². The van der Waals surface area contributed by atoms with Gasteiger partial charge in [-0.25, -0.2) is 4.79 Å². The molecular weight excluding hydrogens is 248 g/mol. The third-order valence-electron chi connectivity index (χ3n) is 2.66. The molecule has 96 valence electrons. The highest BCUT2D eigenvalue weighted by Crippen LogP contribution is 2.19. The monoisotopic (exact) mass is 264 g/mol. The number of benzene rings is 1. The normalized spacial score (nSPS) is 10.8. The lowest BCUT2D eigenvalue weighted by molar-refractivity contribution is 0.0526. The lowest BCUT2D eigenvalue weighted by Crippen LogP contribution is -2.12. The van der Waals surface area contributed by atoms with Gasteiger partial charge in [-0.05, 0) is 31.5 Å². The third-order valence-corrected chi connectivity index (χ3v) is 3.62. The van der Waals surface area contributed by atoms with Crippen LogP contribution in [0.4, 0.5) is 0 Å². The van der Waals surface area contributed by atoms with Crippen LogP contribution >= 0.6 is 11.3 Å². The molecule has 0 aliphatic carbocycles. The molecule has 0 aliphatic rings. The minimum absolute atomic E-state index is 0.304. The highest BCUT2D eigenvalue weighted by Gasteiger charge is 2.10. The van der Waals surface area contributed by atoms with Crippen molar-refractivity contribution in [1.82, 2.24) is 4.57 Å². The number of carbonyl (C=O) groups is 1. The molecule has 0 saturated carbocycles. The first-order chi connectivity index (χ1) is 8.67. The van der Waals surface area contributed by atoms with E-state index < -0.39 is 0 Å². The van der Waals surface area contributed by atoms with Gasteiger partial charge in [0, 0.05) is 6.54 Å². The standard InChI is InChI=1S/C13H16N2O2S/c1-3-7-15-10-6-5-9(12(16)17-4-2)8-11(10)18-13(15)14/h5-6,8,14H,3-4,7H2,1-2H3. The molecule has 0 saturated heterocycles. The number of hydrogen-bond donors (Lipinski definition) is 1. The number of nitrogens with one attached hydrogen (secondary N) is 1. The second-order valence-corrected chi connectivity index (χ2v) is 4.99. The Morgan fingerprint density at radius 3 is 2.89 bits per heavy atom. The molecule has 0 amide bonds. The van der Waals surface area contributed by atoms with E-state index in [1.54, 1.807) is 13.0 Å². The molecule has 1 aromatic carbocycles. The maximum Gasteiger partial charge on any atom is 0.338 e. The fraction of sp³-hybridized carbons (Fsp3) is 0.385. The second kappa shape index (κ2) is 5.35. The number of thiazole rings is 1. The summed E-state index contributed by atoms with van der Waals surface area (Å²) in [5.41, 5.74) is 1.56. The number of esters is 1. The van der Waals surface area contributed by atoms with E-state index in [4.69, 9.17) is 10.1 Å². The molecule has 0 fully saturated rings. The number of ether oxygens (including phenoxy) is 1. The van der Waals surface area contributed by atoms with Crippen LogP contribution in [0.25, 0.3) is 10.2 Å². The zero-order chi connectivity index (χ0) is 13.1. The lowest BCUT2D eigenvalue weighted by atomic mass is 10.2. The van der Waals surface area contributed by atoms with Crippen LogP contribution in [-0.2, 0) is 11.3 Å². The van der Waals surface area contributed by atoms with E-state index in [0.717, 1.165) is 23.2 Å². The van der Waals surface area contributed by atoms with E-state index in [-0.39, 0.29) is 5.97 Å². The van der Waals surface area contributed by atoms with Crippen LogP contribution in [0, 0.1) is 5.41 Å². The Hall–Kier alpha value is -1.62. The summed E-state index contributed by atoms with van der Waals surface area (Å²) < 4.78 is 7.90. The van der Waals surface area contributed by atoms with Gasteiger partial charge in [-0.1, -0.05) is 18.3 Å². The van der Waals surface area contributed by atoms with E-state index in [9.17, 15) is 4.79 Å². The zero-order valence-corrected chi connectivity index (χ0v) is 11.3. The van der Waals surface area contributed by atoms with Crippen molar-refractivity contribution in [3.63, 3.8) is 0 Å². The average Bonchev–Trinajstić information content (AvgIpc) is 2.66. The number of nitrogens with zero attached hydrogens (tertiary/aromatic N) is 1. The fourth-order valence-electron chi connectivity index (χ4n) is 1.87. The summed E-state index contributed by atoms with van der Waals surface area (Å²) in [4.78, 5) is 12.2. The second-order valence-electron chi connectivity index (χ2n) is 3.96. The molecular formula is C13H16N2O2S. The number of carbonyl (C=O) groups excluding carboxylic acids is 1. The Balaban J connectivity index is 2.47. The van der Waals surface area contributed by atoms with Crippen molar-refractivity contribution in [2.45, 2.75) is 26.8 Å². The summed E-state index contributed by atoms with van der Waals surface area (Å²) >= 11 is 1.39. The Kier molecular flexibility index (Phi) is 3.81. The molecule has 1 aromatic heterocycles. The van der Waals surface area contributed by atoms with Crippen molar-refractivity contribution in [3.05, 3.63) is 28.6 Å². The first-order valence-corrected chi connectivity index (χ1v) is 6.84. The Morgan fingerprint density at radius 2 is 2.22 bits per heavy atom. The van der Waals surface area contributed by atoms with Crippen LogP contribution in [0.2, 0.25) is 0 Å². The number of fused-ring (bicyclic) bond motifs is 1. The molecule has 0 unspecified atom stereocenters. The third kappa shape index (κ3) is 2.31. The number of aryl methyl sites for hydroxylation is 1. The molecule has 2 aromatic rings. The molecule has 0 bridgehead atoms. The summed E-state index contributed by atoms with van der Waals surface area (Å²) in [6, 6.07) is 5.46. The lowest BCUT2D eigenvalue weighted by Gasteiger charge is -2.03. The van der Waals surface area contributed by atoms with Gasteiger partial charge >= 0.3 is 5.97 Å². The van der Waals surface area contributed by atoms with E-state index in [2.05, 4.69) is 6.92 Å². The van der Waals surface area contributed by atoms with Gasteiger partial charge in [0.15, 0.2) is 4.80 Å². The van der Waals surface area contributed by atoms with Gasteiger partial charge in [-0.15, -0.1) is 0 Å². The van der Waals surface area contributed by atoms with E-state index in [0.29, 0.717) is 17.0 Å². The zero-order valence-electron chi connectivity index (χ0n) is 10.5. The molecule has 5 heteroatoms. The van der Waals surface area contributed by atoms with Crippen LogP contribution < -0.4 is 4.80 Å². The van der Waals surface area contributed by atoms with Crippen molar-refractivity contribution >= 4 is 27.5 Å². The largest absolute Gasteiger partial charge is 0.462 e. The molecule has 0 aliphatic heterocycles. The van der Waals surface area contributed by atoms with Gasteiger partial charge < -0.3 is 9.30 Å². The molecule has 1 heterocycles. The molecule has 18 heavy (non-hydrogen) atoms. The number of rotatable bonds is 4.